The van der Waals surface area contributed by atoms with Crippen molar-refractivity contribution in [1.29, 1.82) is 0 Å². The fourth-order valence-corrected chi connectivity index (χ4v) is 4.66. The Morgan fingerprint density at radius 1 is 1.27 bits per heavy atom. The molecule has 0 saturated carbocycles. The number of rotatable bonds is 3. The van der Waals surface area contributed by atoms with Crippen LogP contribution in [-0.2, 0) is 4.79 Å². The zero-order valence-electron chi connectivity index (χ0n) is 14.3. The van der Waals surface area contributed by atoms with Gasteiger partial charge in [0.15, 0.2) is 0 Å². The van der Waals surface area contributed by atoms with E-state index in [1.165, 1.54) is 16.2 Å². The predicted molar refractivity (Wildman–Crippen MR) is 108 cm³/mol. The molecule has 0 bridgehead atoms. The molecule has 0 aliphatic carbocycles. The third kappa shape index (κ3) is 2.83. The lowest BCUT2D eigenvalue weighted by Gasteiger charge is -2.19. The van der Waals surface area contributed by atoms with Gasteiger partial charge in [-0.2, -0.15) is 0 Å². The summed E-state index contributed by atoms with van der Waals surface area (Å²) in [5.41, 5.74) is 0.893. The molecular weight excluding hydrogens is 368 g/mol. The summed E-state index contributed by atoms with van der Waals surface area (Å²) >= 11 is 6.52. The molecule has 0 radical (unpaired) electrons. The SMILES string of the molecule is CCN1C(=O)/C(=C\c2c(N3CCCC3)nc3ccccn3c2=O)SC1=S. The number of anilines is 1. The van der Waals surface area contributed by atoms with Gasteiger partial charge in [-0.05, 0) is 38.0 Å². The number of nitrogens with zero attached hydrogens (tertiary/aromatic N) is 4. The summed E-state index contributed by atoms with van der Waals surface area (Å²) in [5, 5.41) is 0. The number of pyridine rings is 1. The number of thiocarbonyl (C=S) groups is 1. The summed E-state index contributed by atoms with van der Waals surface area (Å²) in [6.45, 7) is 4.14. The van der Waals surface area contributed by atoms with Crippen molar-refractivity contribution in [2.75, 3.05) is 24.5 Å². The molecule has 6 nitrogen and oxygen atoms in total. The van der Waals surface area contributed by atoms with Gasteiger partial charge < -0.3 is 4.90 Å². The van der Waals surface area contributed by atoms with Crippen molar-refractivity contribution < 1.29 is 4.79 Å². The standard InChI is InChI=1S/C18H18N4O2S2/c1-2-21-17(24)13(26-18(21)25)11-12-15(20-8-5-6-9-20)19-14-7-3-4-10-22(14)16(12)23/h3-4,7,10-11H,2,5-6,8-9H2,1H3/b13-11+. The molecule has 2 aliphatic rings. The van der Waals surface area contributed by atoms with E-state index in [0.717, 1.165) is 25.9 Å². The second-order valence-corrected chi connectivity index (χ2v) is 7.88. The van der Waals surface area contributed by atoms with Crippen LogP contribution in [0.25, 0.3) is 11.7 Å². The molecule has 4 rings (SSSR count). The predicted octanol–water partition coefficient (Wildman–Crippen LogP) is 2.52. The Bertz CT molecular complexity index is 992. The van der Waals surface area contributed by atoms with E-state index in [4.69, 9.17) is 17.2 Å². The molecule has 4 heterocycles. The minimum Gasteiger partial charge on any atom is -0.356 e. The van der Waals surface area contributed by atoms with E-state index in [0.29, 0.717) is 32.8 Å². The van der Waals surface area contributed by atoms with E-state index in [1.54, 1.807) is 23.2 Å². The Hall–Kier alpha value is -2.19. The molecule has 0 unspecified atom stereocenters. The van der Waals surface area contributed by atoms with Crippen LogP contribution in [0, 0.1) is 0 Å². The average molecular weight is 387 g/mol. The molecule has 2 saturated heterocycles. The Balaban J connectivity index is 1.90. The highest BCUT2D eigenvalue weighted by molar-refractivity contribution is 8.26. The molecule has 8 heteroatoms. The maximum atomic E-state index is 13.1. The van der Waals surface area contributed by atoms with Gasteiger partial charge in [-0.25, -0.2) is 4.98 Å². The Morgan fingerprint density at radius 3 is 2.73 bits per heavy atom. The number of fused-ring (bicyclic) bond motifs is 1. The molecular formula is C18H18N4O2S2. The summed E-state index contributed by atoms with van der Waals surface area (Å²) in [6.07, 6.45) is 5.52. The number of carbonyl (C=O) groups excluding carboxylic acids is 1. The number of carbonyl (C=O) groups is 1. The van der Waals surface area contributed by atoms with E-state index in [9.17, 15) is 9.59 Å². The lowest BCUT2D eigenvalue weighted by molar-refractivity contribution is -0.121. The van der Waals surface area contributed by atoms with Gasteiger partial charge in [0.2, 0.25) is 0 Å². The molecule has 2 aromatic heterocycles. The lowest BCUT2D eigenvalue weighted by atomic mass is 10.2. The first-order chi connectivity index (χ1) is 12.6. The summed E-state index contributed by atoms with van der Waals surface area (Å²) in [7, 11) is 0. The minimum absolute atomic E-state index is 0.146. The molecule has 0 N–H and O–H groups in total. The second kappa shape index (κ2) is 6.85. The van der Waals surface area contributed by atoms with E-state index in [1.807, 2.05) is 19.1 Å². The Kier molecular flexibility index (Phi) is 4.54. The lowest BCUT2D eigenvalue weighted by Crippen LogP contribution is -2.28. The number of amides is 1. The van der Waals surface area contributed by atoms with Crippen LogP contribution in [0.4, 0.5) is 5.82 Å². The van der Waals surface area contributed by atoms with E-state index >= 15 is 0 Å². The van der Waals surface area contributed by atoms with Gasteiger partial charge in [-0.3, -0.25) is 18.9 Å². The van der Waals surface area contributed by atoms with Crippen molar-refractivity contribution in [2.45, 2.75) is 19.8 Å². The monoisotopic (exact) mass is 386 g/mol. The van der Waals surface area contributed by atoms with Crippen molar-refractivity contribution in [1.82, 2.24) is 14.3 Å². The molecule has 2 aromatic rings. The molecule has 0 spiro atoms. The highest BCUT2D eigenvalue weighted by Crippen LogP contribution is 2.33. The third-order valence-electron chi connectivity index (χ3n) is 4.62. The van der Waals surface area contributed by atoms with Crippen LogP contribution in [0.3, 0.4) is 0 Å². The quantitative estimate of drug-likeness (QED) is 0.597. The number of likely N-dealkylation sites (N-methyl/N-ethyl adjacent to an activating group) is 1. The number of hydrogen-bond donors (Lipinski definition) is 0. The minimum atomic E-state index is -0.167. The van der Waals surface area contributed by atoms with Crippen molar-refractivity contribution in [2.24, 2.45) is 0 Å². The molecule has 2 fully saturated rings. The van der Waals surface area contributed by atoms with Crippen LogP contribution in [0.15, 0.2) is 34.1 Å². The van der Waals surface area contributed by atoms with E-state index in [-0.39, 0.29) is 11.5 Å². The van der Waals surface area contributed by atoms with E-state index < -0.39 is 0 Å². The van der Waals surface area contributed by atoms with Crippen LogP contribution < -0.4 is 10.5 Å². The molecule has 134 valence electrons. The van der Waals surface area contributed by atoms with Gasteiger partial charge in [0.25, 0.3) is 11.5 Å². The number of aromatic nitrogens is 2. The molecule has 26 heavy (non-hydrogen) atoms. The normalized spacial score (nSPS) is 19.3. The van der Waals surface area contributed by atoms with Crippen molar-refractivity contribution in [3.8, 4) is 0 Å². The Morgan fingerprint density at radius 2 is 2.04 bits per heavy atom. The van der Waals surface area contributed by atoms with Gasteiger partial charge in [0.1, 0.15) is 15.8 Å². The third-order valence-corrected chi connectivity index (χ3v) is 6.00. The zero-order valence-corrected chi connectivity index (χ0v) is 16.0. The molecule has 1 amide bonds. The fraction of sp³-hybridized carbons (Fsp3) is 0.333. The highest BCUT2D eigenvalue weighted by Gasteiger charge is 2.32. The summed E-state index contributed by atoms with van der Waals surface area (Å²) in [4.78, 5) is 34.6. The first kappa shape index (κ1) is 17.2. The van der Waals surface area contributed by atoms with Crippen molar-refractivity contribution >= 4 is 51.7 Å². The topological polar surface area (TPSA) is 57.9 Å². The molecule has 0 aromatic carbocycles. The zero-order chi connectivity index (χ0) is 18.3. The average Bonchev–Trinajstić information content (AvgIpc) is 3.26. The first-order valence-electron chi connectivity index (χ1n) is 8.62. The smallest absolute Gasteiger partial charge is 0.267 e. The van der Waals surface area contributed by atoms with Crippen LogP contribution in [0.5, 0.6) is 0 Å². The summed E-state index contributed by atoms with van der Waals surface area (Å²) < 4.78 is 2.05. The summed E-state index contributed by atoms with van der Waals surface area (Å²) in [6, 6.07) is 5.48. The van der Waals surface area contributed by atoms with Gasteiger partial charge in [0.05, 0.1) is 10.5 Å². The Labute approximate surface area is 160 Å². The fourth-order valence-electron chi connectivity index (χ4n) is 3.29. The summed E-state index contributed by atoms with van der Waals surface area (Å²) in [5.74, 6) is 0.507. The van der Waals surface area contributed by atoms with Crippen LogP contribution in [-0.4, -0.2) is 44.1 Å². The van der Waals surface area contributed by atoms with Crippen LogP contribution in [0.2, 0.25) is 0 Å². The molecule has 0 atom stereocenters. The maximum Gasteiger partial charge on any atom is 0.267 e. The van der Waals surface area contributed by atoms with Crippen molar-refractivity contribution in [3.63, 3.8) is 0 Å². The second-order valence-electron chi connectivity index (χ2n) is 6.20. The van der Waals surface area contributed by atoms with Crippen molar-refractivity contribution in [3.05, 3.63) is 45.2 Å². The van der Waals surface area contributed by atoms with Gasteiger partial charge in [-0.15, -0.1) is 0 Å². The van der Waals surface area contributed by atoms with Crippen LogP contribution in [0.1, 0.15) is 25.3 Å². The van der Waals surface area contributed by atoms with Gasteiger partial charge in [0, 0.05) is 25.8 Å². The van der Waals surface area contributed by atoms with E-state index in [2.05, 4.69) is 4.90 Å². The maximum absolute atomic E-state index is 13.1. The van der Waals surface area contributed by atoms with Gasteiger partial charge >= 0.3 is 0 Å². The van der Waals surface area contributed by atoms with Crippen LogP contribution >= 0.6 is 24.0 Å². The molecule has 2 aliphatic heterocycles. The highest BCUT2D eigenvalue weighted by atomic mass is 32.2. The van der Waals surface area contributed by atoms with Gasteiger partial charge in [-0.1, -0.05) is 30.0 Å². The largest absolute Gasteiger partial charge is 0.356 e. The number of hydrogen-bond acceptors (Lipinski definition) is 6. The number of thioether (sulfide) groups is 1. The first-order valence-corrected chi connectivity index (χ1v) is 9.84.